The van der Waals surface area contributed by atoms with E-state index in [-0.39, 0.29) is 16.7 Å². The lowest BCUT2D eigenvalue weighted by molar-refractivity contribution is -0.126. The highest BCUT2D eigenvalue weighted by atomic mass is 79.9. The third-order valence-corrected chi connectivity index (χ3v) is 4.77. The minimum absolute atomic E-state index is 0.169. The minimum atomic E-state index is -0.902. The van der Waals surface area contributed by atoms with E-state index in [1.165, 1.54) is 12.1 Å². The zero-order chi connectivity index (χ0) is 15.6. The highest BCUT2D eigenvalue weighted by Crippen LogP contribution is 2.33. The van der Waals surface area contributed by atoms with Gasteiger partial charge in [-0.05, 0) is 53.4 Å². The van der Waals surface area contributed by atoms with Gasteiger partial charge in [-0.25, -0.2) is 4.39 Å². The van der Waals surface area contributed by atoms with Gasteiger partial charge in [0.2, 0.25) is 5.91 Å². The van der Waals surface area contributed by atoms with Crippen LogP contribution in [0, 0.1) is 18.2 Å². The molecule has 1 aromatic rings. The number of hydrogen-bond donors (Lipinski definition) is 2. The second-order valence-corrected chi connectivity index (χ2v) is 6.39. The number of nitrogens with two attached hydrogens (primary N) is 1. The molecular weight excluding hydrogens is 359 g/mol. The summed E-state index contributed by atoms with van der Waals surface area (Å²) in [7, 11) is 0. The first-order valence-corrected chi connectivity index (χ1v) is 7.72. The normalized spacial score (nSPS) is 17.3. The van der Waals surface area contributed by atoms with Gasteiger partial charge in [0.15, 0.2) is 0 Å². The summed E-state index contributed by atoms with van der Waals surface area (Å²) in [4.78, 5) is 12.8. The Hall–Kier alpha value is -1.05. The number of benzene rings is 1. The van der Waals surface area contributed by atoms with Crippen LogP contribution < -0.4 is 11.1 Å². The van der Waals surface area contributed by atoms with Gasteiger partial charge < -0.3 is 15.8 Å². The molecule has 1 aromatic carbocycles. The number of rotatable bonds is 3. The molecule has 1 amide bonds. The maximum absolute atomic E-state index is 13.4. The summed E-state index contributed by atoms with van der Waals surface area (Å²) in [5.74, 6) is -0.638. The Morgan fingerprint density at radius 1 is 1.48 bits per heavy atom. The lowest BCUT2D eigenvalue weighted by Crippen LogP contribution is -2.49. The Morgan fingerprint density at radius 2 is 2.10 bits per heavy atom. The summed E-state index contributed by atoms with van der Waals surface area (Å²) < 4.78 is 19.0. The maximum Gasteiger partial charge on any atom is 0.237 e. The van der Waals surface area contributed by atoms with Crippen molar-refractivity contribution in [1.29, 1.82) is 0 Å². The van der Waals surface area contributed by atoms with Gasteiger partial charge in [-0.2, -0.15) is 0 Å². The molecule has 0 aromatic heterocycles. The van der Waals surface area contributed by atoms with Gasteiger partial charge in [0.05, 0.1) is 9.46 Å². The van der Waals surface area contributed by atoms with Gasteiger partial charge in [-0.3, -0.25) is 4.79 Å². The molecule has 1 fully saturated rings. The second-order valence-electron chi connectivity index (χ2n) is 5.09. The van der Waals surface area contributed by atoms with Crippen molar-refractivity contribution < 1.29 is 13.9 Å². The van der Waals surface area contributed by atoms with E-state index in [9.17, 15) is 9.18 Å². The predicted octanol–water partition coefficient (Wildman–Crippen LogP) is 2.92. The van der Waals surface area contributed by atoms with Crippen molar-refractivity contribution in [1.82, 2.24) is 0 Å². The molecule has 0 saturated carbocycles. The molecule has 1 aliphatic heterocycles. The third kappa shape index (κ3) is 3.25. The Kier molecular flexibility index (Phi) is 4.95. The molecule has 1 saturated heterocycles. The second kappa shape index (κ2) is 6.37. The van der Waals surface area contributed by atoms with Crippen LogP contribution in [0.2, 0.25) is 0 Å². The standard InChI is InChI=1S/C14H16BrFN2O2S/c1-8-6-10(16)9(15)7-11(8)18-13(19)14(12(17)21)2-4-20-5-3-14/h6-7H,2-5H2,1H3,(H2,17,21)(H,18,19). The summed E-state index contributed by atoms with van der Waals surface area (Å²) in [6.45, 7) is 2.61. The zero-order valence-electron chi connectivity index (χ0n) is 11.5. The number of aryl methyl sites for hydroxylation is 1. The van der Waals surface area contributed by atoms with Crippen molar-refractivity contribution in [3.8, 4) is 0 Å². The molecule has 21 heavy (non-hydrogen) atoms. The number of thiocarbonyl (C=S) groups is 1. The number of halogens is 2. The van der Waals surface area contributed by atoms with Crippen molar-refractivity contribution in [3.63, 3.8) is 0 Å². The monoisotopic (exact) mass is 374 g/mol. The predicted molar refractivity (Wildman–Crippen MR) is 86.7 cm³/mol. The van der Waals surface area contributed by atoms with E-state index in [1.807, 2.05) is 0 Å². The molecule has 0 atom stereocenters. The number of anilines is 1. The van der Waals surface area contributed by atoms with Gasteiger partial charge in [0.25, 0.3) is 0 Å². The van der Waals surface area contributed by atoms with Crippen LogP contribution in [0.4, 0.5) is 10.1 Å². The molecule has 0 unspecified atom stereocenters. The first-order valence-electron chi connectivity index (χ1n) is 6.51. The molecule has 2 rings (SSSR count). The van der Waals surface area contributed by atoms with E-state index in [1.54, 1.807) is 6.92 Å². The maximum atomic E-state index is 13.4. The van der Waals surface area contributed by atoms with E-state index in [0.29, 0.717) is 41.8 Å². The van der Waals surface area contributed by atoms with Crippen molar-refractivity contribution >= 4 is 44.7 Å². The average Bonchev–Trinajstić information content (AvgIpc) is 2.45. The Morgan fingerprint density at radius 3 is 2.67 bits per heavy atom. The van der Waals surface area contributed by atoms with Gasteiger partial charge in [0, 0.05) is 18.9 Å². The molecule has 0 spiro atoms. The summed E-state index contributed by atoms with van der Waals surface area (Å²) in [5, 5.41) is 2.81. The Bertz CT molecular complexity index is 589. The van der Waals surface area contributed by atoms with Crippen molar-refractivity contribution in [3.05, 3.63) is 28.0 Å². The summed E-state index contributed by atoms with van der Waals surface area (Å²) in [5.41, 5.74) is 6.06. The quantitative estimate of drug-likeness (QED) is 0.798. The molecule has 0 radical (unpaired) electrons. The summed E-state index contributed by atoms with van der Waals surface area (Å²) in [6.07, 6.45) is 0.908. The molecule has 0 aliphatic carbocycles. The first kappa shape index (κ1) is 16.3. The van der Waals surface area contributed by atoms with Crippen molar-refractivity contribution in [2.24, 2.45) is 11.1 Å². The van der Waals surface area contributed by atoms with E-state index in [4.69, 9.17) is 22.7 Å². The van der Waals surface area contributed by atoms with E-state index < -0.39 is 5.41 Å². The topological polar surface area (TPSA) is 64.4 Å². The van der Waals surface area contributed by atoms with E-state index in [2.05, 4.69) is 21.2 Å². The van der Waals surface area contributed by atoms with Gasteiger partial charge in [-0.15, -0.1) is 0 Å². The van der Waals surface area contributed by atoms with E-state index in [0.717, 1.165) is 0 Å². The van der Waals surface area contributed by atoms with Gasteiger partial charge in [0.1, 0.15) is 11.2 Å². The van der Waals surface area contributed by atoms with Crippen molar-refractivity contribution in [2.75, 3.05) is 18.5 Å². The molecular formula is C14H16BrFN2O2S. The van der Waals surface area contributed by atoms with Crippen LogP contribution in [0.15, 0.2) is 16.6 Å². The fraction of sp³-hybridized carbons (Fsp3) is 0.429. The highest BCUT2D eigenvalue weighted by Gasteiger charge is 2.43. The molecule has 7 heteroatoms. The zero-order valence-corrected chi connectivity index (χ0v) is 13.9. The number of amides is 1. The molecule has 1 heterocycles. The molecule has 0 bridgehead atoms. The van der Waals surface area contributed by atoms with Gasteiger partial charge >= 0.3 is 0 Å². The lowest BCUT2D eigenvalue weighted by Gasteiger charge is -2.34. The molecule has 1 aliphatic rings. The number of nitrogens with one attached hydrogen (secondary N) is 1. The molecule has 3 N–H and O–H groups in total. The van der Waals surface area contributed by atoms with E-state index >= 15 is 0 Å². The fourth-order valence-electron chi connectivity index (χ4n) is 2.33. The number of hydrogen-bond acceptors (Lipinski definition) is 3. The fourth-order valence-corrected chi connectivity index (χ4v) is 2.97. The van der Waals surface area contributed by atoms with Crippen LogP contribution >= 0.6 is 28.1 Å². The Balaban J connectivity index is 2.27. The number of carbonyl (C=O) groups is 1. The van der Waals surface area contributed by atoms with Crippen LogP contribution in [-0.4, -0.2) is 24.1 Å². The van der Waals surface area contributed by atoms with Crippen molar-refractivity contribution in [2.45, 2.75) is 19.8 Å². The van der Waals surface area contributed by atoms with Crippen LogP contribution in [0.25, 0.3) is 0 Å². The smallest absolute Gasteiger partial charge is 0.237 e. The highest BCUT2D eigenvalue weighted by molar-refractivity contribution is 9.10. The van der Waals surface area contributed by atoms with Gasteiger partial charge in [-0.1, -0.05) is 12.2 Å². The number of ether oxygens (including phenoxy) is 1. The molecule has 4 nitrogen and oxygen atoms in total. The lowest BCUT2D eigenvalue weighted by atomic mass is 9.79. The third-order valence-electron chi connectivity index (χ3n) is 3.77. The SMILES string of the molecule is Cc1cc(F)c(Br)cc1NC(=O)C1(C(N)=S)CCOCC1. The first-order chi connectivity index (χ1) is 9.86. The van der Waals surface area contributed by atoms with Crippen LogP contribution in [-0.2, 0) is 9.53 Å². The minimum Gasteiger partial charge on any atom is -0.392 e. The van der Waals surface area contributed by atoms with Crippen LogP contribution in [0.5, 0.6) is 0 Å². The Labute approximate surface area is 136 Å². The van der Waals surface area contributed by atoms with Crippen LogP contribution in [0.1, 0.15) is 18.4 Å². The van der Waals surface area contributed by atoms with Crippen LogP contribution in [0.3, 0.4) is 0 Å². The number of carbonyl (C=O) groups excluding carboxylic acids is 1. The average molecular weight is 375 g/mol. The summed E-state index contributed by atoms with van der Waals surface area (Å²) in [6, 6.07) is 2.90. The summed E-state index contributed by atoms with van der Waals surface area (Å²) >= 11 is 8.20. The molecule has 114 valence electrons. The largest absolute Gasteiger partial charge is 0.392 e.